The second kappa shape index (κ2) is 6.64. The van der Waals surface area contributed by atoms with Gasteiger partial charge in [-0.05, 0) is 12.5 Å². The van der Waals surface area contributed by atoms with Crippen LogP contribution in [0.3, 0.4) is 0 Å². The van der Waals surface area contributed by atoms with Crippen molar-refractivity contribution in [3.63, 3.8) is 0 Å². The van der Waals surface area contributed by atoms with Crippen molar-refractivity contribution >= 4 is 23.7 Å². The fourth-order valence-corrected chi connectivity index (χ4v) is 3.96. The summed E-state index contributed by atoms with van der Waals surface area (Å²) in [6.07, 6.45) is 4.22. The molecule has 0 saturated carbocycles. The van der Waals surface area contributed by atoms with Crippen LogP contribution in [-0.4, -0.2) is 83.3 Å². The van der Waals surface area contributed by atoms with Gasteiger partial charge in [0, 0.05) is 58.1 Å². The average Bonchev–Trinajstić information content (AvgIpc) is 3.20. The Morgan fingerprint density at radius 2 is 1.85 bits per heavy atom. The van der Waals surface area contributed by atoms with E-state index < -0.39 is 5.41 Å². The van der Waals surface area contributed by atoms with Gasteiger partial charge in [-0.25, -0.2) is 9.97 Å². The van der Waals surface area contributed by atoms with Crippen LogP contribution in [-0.2, 0) is 14.4 Å². The molecule has 0 bridgehead atoms. The Morgan fingerprint density at radius 1 is 1.12 bits per heavy atom. The van der Waals surface area contributed by atoms with Gasteiger partial charge in [-0.1, -0.05) is 0 Å². The molecule has 9 heteroatoms. The summed E-state index contributed by atoms with van der Waals surface area (Å²) in [6.45, 7) is 4.31. The van der Waals surface area contributed by atoms with Crippen LogP contribution in [0.4, 0.5) is 5.95 Å². The lowest BCUT2D eigenvalue weighted by atomic mass is 9.85. The summed E-state index contributed by atoms with van der Waals surface area (Å²) in [6, 6.07) is 1.79. The van der Waals surface area contributed by atoms with Crippen molar-refractivity contribution in [1.82, 2.24) is 25.1 Å². The first-order valence-corrected chi connectivity index (χ1v) is 8.92. The van der Waals surface area contributed by atoms with Crippen molar-refractivity contribution in [3.05, 3.63) is 18.5 Å². The van der Waals surface area contributed by atoms with Crippen molar-refractivity contribution in [2.75, 3.05) is 50.7 Å². The van der Waals surface area contributed by atoms with E-state index in [4.69, 9.17) is 0 Å². The van der Waals surface area contributed by atoms with E-state index >= 15 is 0 Å². The fourth-order valence-electron chi connectivity index (χ4n) is 3.96. The number of hydrogen-bond donors (Lipinski definition) is 1. The SMILES string of the molecule is O=C1C[C@@]2(CCN(C(=O)CN3CCN(c4ncccn4)CC3)C2)C(=O)N1. The van der Waals surface area contributed by atoms with Crippen LogP contribution in [0.2, 0.25) is 0 Å². The number of imide groups is 1. The summed E-state index contributed by atoms with van der Waals surface area (Å²) in [4.78, 5) is 50.6. The number of rotatable bonds is 3. The number of nitrogens with one attached hydrogen (secondary N) is 1. The van der Waals surface area contributed by atoms with Crippen molar-refractivity contribution in [2.45, 2.75) is 12.8 Å². The van der Waals surface area contributed by atoms with Gasteiger partial charge in [0.2, 0.25) is 23.7 Å². The van der Waals surface area contributed by atoms with Crippen LogP contribution < -0.4 is 10.2 Å². The Bertz CT molecular complexity index is 718. The average molecular weight is 358 g/mol. The van der Waals surface area contributed by atoms with E-state index in [9.17, 15) is 14.4 Å². The van der Waals surface area contributed by atoms with Gasteiger partial charge in [-0.2, -0.15) is 0 Å². The third-order valence-electron chi connectivity index (χ3n) is 5.51. The lowest BCUT2D eigenvalue weighted by Gasteiger charge is -2.35. The van der Waals surface area contributed by atoms with Crippen LogP contribution in [0, 0.1) is 5.41 Å². The molecule has 26 heavy (non-hydrogen) atoms. The zero-order valence-electron chi connectivity index (χ0n) is 14.6. The van der Waals surface area contributed by atoms with Crippen molar-refractivity contribution in [1.29, 1.82) is 0 Å². The zero-order valence-corrected chi connectivity index (χ0v) is 14.6. The number of carbonyl (C=O) groups excluding carboxylic acids is 3. The van der Waals surface area contributed by atoms with E-state index in [0.717, 1.165) is 32.1 Å². The van der Waals surface area contributed by atoms with Crippen LogP contribution in [0.25, 0.3) is 0 Å². The summed E-state index contributed by atoms with van der Waals surface area (Å²) in [5.41, 5.74) is -0.698. The minimum absolute atomic E-state index is 0.0263. The molecular formula is C17H22N6O3. The number of aromatic nitrogens is 2. The molecule has 0 unspecified atom stereocenters. The van der Waals surface area contributed by atoms with E-state index in [1.54, 1.807) is 23.4 Å². The monoisotopic (exact) mass is 358 g/mol. The molecule has 3 amide bonds. The molecule has 3 aliphatic heterocycles. The van der Waals surface area contributed by atoms with Gasteiger partial charge in [-0.3, -0.25) is 24.6 Å². The first kappa shape index (κ1) is 16.9. The highest BCUT2D eigenvalue weighted by molar-refractivity contribution is 6.06. The Kier molecular flexibility index (Phi) is 4.31. The second-order valence-electron chi connectivity index (χ2n) is 7.21. The first-order chi connectivity index (χ1) is 12.6. The van der Waals surface area contributed by atoms with E-state index in [1.807, 2.05) is 0 Å². The van der Waals surface area contributed by atoms with Crippen molar-refractivity contribution in [3.8, 4) is 0 Å². The molecule has 3 aliphatic rings. The molecule has 0 aliphatic carbocycles. The minimum Gasteiger partial charge on any atom is -0.340 e. The maximum Gasteiger partial charge on any atom is 0.236 e. The quantitative estimate of drug-likeness (QED) is 0.682. The van der Waals surface area contributed by atoms with Crippen molar-refractivity contribution in [2.24, 2.45) is 5.41 Å². The fraction of sp³-hybridized carbons (Fsp3) is 0.588. The largest absolute Gasteiger partial charge is 0.340 e. The number of hydrogen-bond acceptors (Lipinski definition) is 7. The normalized spacial score (nSPS) is 26.6. The number of anilines is 1. The molecule has 1 spiro atoms. The molecule has 3 saturated heterocycles. The summed E-state index contributed by atoms with van der Waals surface area (Å²) in [5, 5.41) is 2.37. The number of piperazine rings is 1. The van der Waals surface area contributed by atoms with Crippen LogP contribution in [0.5, 0.6) is 0 Å². The standard InChI is InChI=1S/C17H22N6O3/c24-13-10-17(15(26)20-13)2-5-23(12-17)14(25)11-21-6-8-22(9-7-21)16-18-3-1-4-19-16/h1,3-4H,2,5-12H2,(H,20,24,26)/t17-/m1/s1. The third kappa shape index (κ3) is 3.14. The van der Waals surface area contributed by atoms with Crippen LogP contribution in [0.1, 0.15) is 12.8 Å². The number of nitrogens with zero attached hydrogens (tertiary/aromatic N) is 5. The topological polar surface area (TPSA) is 98.7 Å². The van der Waals surface area contributed by atoms with Gasteiger partial charge in [0.15, 0.2) is 0 Å². The molecule has 1 N–H and O–H groups in total. The van der Waals surface area contributed by atoms with Gasteiger partial charge >= 0.3 is 0 Å². The molecule has 138 valence electrons. The highest BCUT2D eigenvalue weighted by Gasteiger charge is 2.51. The molecule has 0 aromatic carbocycles. The molecule has 1 aromatic heterocycles. The van der Waals surface area contributed by atoms with Gasteiger partial charge in [0.05, 0.1) is 12.0 Å². The molecule has 1 aromatic rings. The third-order valence-corrected chi connectivity index (χ3v) is 5.51. The highest BCUT2D eigenvalue weighted by atomic mass is 16.2. The predicted molar refractivity (Wildman–Crippen MR) is 92.1 cm³/mol. The van der Waals surface area contributed by atoms with E-state index in [2.05, 4.69) is 25.1 Å². The summed E-state index contributed by atoms with van der Waals surface area (Å²) >= 11 is 0. The van der Waals surface area contributed by atoms with Gasteiger partial charge in [-0.15, -0.1) is 0 Å². The highest BCUT2D eigenvalue weighted by Crippen LogP contribution is 2.37. The van der Waals surface area contributed by atoms with Crippen LogP contribution in [0.15, 0.2) is 18.5 Å². The molecule has 0 radical (unpaired) electrons. The van der Waals surface area contributed by atoms with Gasteiger partial charge in [0.1, 0.15) is 0 Å². The molecular weight excluding hydrogens is 336 g/mol. The minimum atomic E-state index is -0.698. The molecule has 1 atom stereocenters. The molecule has 4 rings (SSSR count). The Hall–Kier alpha value is -2.55. The van der Waals surface area contributed by atoms with E-state index in [1.165, 1.54) is 0 Å². The maximum absolute atomic E-state index is 12.6. The van der Waals surface area contributed by atoms with Crippen LogP contribution >= 0.6 is 0 Å². The summed E-state index contributed by atoms with van der Waals surface area (Å²) in [7, 11) is 0. The number of likely N-dealkylation sites (tertiary alicyclic amines) is 1. The maximum atomic E-state index is 12.6. The number of carbonyl (C=O) groups is 3. The molecule has 3 fully saturated rings. The van der Waals surface area contributed by atoms with E-state index in [0.29, 0.717) is 26.1 Å². The van der Waals surface area contributed by atoms with E-state index in [-0.39, 0.29) is 24.1 Å². The van der Waals surface area contributed by atoms with Gasteiger partial charge in [0.25, 0.3) is 0 Å². The first-order valence-electron chi connectivity index (χ1n) is 8.92. The molecule has 4 heterocycles. The zero-order chi connectivity index (χ0) is 18.1. The lowest BCUT2D eigenvalue weighted by molar-refractivity contribution is -0.132. The Labute approximate surface area is 151 Å². The smallest absolute Gasteiger partial charge is 0.236 e. The Morgan fingerprint density at radius 3 is 2.50 bits per heavy atom. The molecule has 9 nitrogen and oxygen atoms in total. The number of amides is 3. The predicted octanol–water partition coefficient (Wildman–Crippen LogP) is -1.14. The summed E-state index contributed by atoms with van der Waals surface area (Å²) in [5.74, 6) is 0.285. The van der Waals surface area contributed by atoms with Gasteiger partial charge < -0.3 is 9.80 Å². The lowest BCUT2D eigenvalue weighted by Crippen LogP contribution is -2.50. The summed E-state index contributed by atoms with van der Waals surface area (Å²) < 4.78 is 0. The second-order valence-corrected chi connectivity index (χ2v) is 7.21. The Balaban J connectivity index is 1.29. The van der Waals surface area contributed by atoms with Crippen molar-refractivity contribution < 1.29 is 14.4 Å².